The first-order valence-corrected chi connectivity index (χ1v) is 11.6. The van der Waals surface area contributed by atoms with Gasteiger partial charge in [-0.3, -0.25) is 0 Å². The summed E-state index contributed by atoms with van der Waals surface area (Å²) in [6.07, 6.45) is 11.9. The van der Waals surface area contributed by atoms with Gasteiger partial charge in [0.2, 0.25) is 0 Å². The van der Waals surface area contributed by atoms with Gasteiger partial charge in [0.25, 0.3) is 0 Å². The third kappa shape index (κ3) is 18.9. The maximum Gasteiger partial charge on any atom is 0.493 e. The van der Waals surface area contributed by atoms with Crippen LogP contribution in [0.25, 0.3) is 0 Å². The van der Waals surface area contributed by atoms with Gasteiger partial charge in [-0.2, -0.15) is 18.6 Å². The van der Waals surface area contributed by atoms with Crippen molar-refractivity contribution in [2.45, 2.75) is 103 Å². The van der Waals surface area contributed by atoms with Gasteiger partial charge in [-0.25, -0.2) is 9.59 Å². The Kier molecular flexibility index (Phi) is 18.2. The van der Waals surface area contributed by atoms with Crippen molar-refractivity contribution in [2.24, 2.45) is 5.73 Å². The fourth-order valence-corrected chi connectivity index (χ4v) is 3.06. The molecule has 0 aliphatic heterocycles. The van der Waals surface area contributed by atoms with E-state index in [4.69, 9.17) is 5.73 Å². The van der Waals surface area contributed by atoms with Crippen molar-refractivity contribution in [3.63, 3.8) is 0 Å². The van der Waals surface area contributed by atoms with Gasteiger partial charge in [-0.15, -0.1) is 0 Å². The maximum atomic E-state index is 12.1. The molecule has 0 atom stereocenters. The molecule has 0 aromatic rings. The second-order valence-corrected chi connectivity index (χ2v) is 7.76. The second-order valence-electron chi connectivity index (χ2n) is 7.76. The topological polar surface area (TPSA) is 96.7 Å². The van der Waals surface area contributed by atoms with Crippen LogP contribution in [0.15, 0.2) is 0 Å². The maximum absolute atomic E-state index is 12.1. The SMILES string of the molecule is CCCCCCCCCCCCCCNCCCCNN(OC(=O)C(F)(F)F)C(N)=O. The minimum absolute atomic E-state index is 0.00964. The van der Waals surface area contributed by atoms with Gasteiger partial charge in [-0.1, -0.05) is 82.7 Å². The van der Waals surface area contributed by atoms with E-state index in [0.29, 0.717) is 6.42 Å². The number of primary amides is 1. The Morgan fingerprint density at radius 3 is 1.65 bits per heavy atom. The smallest absolute Gasteiger partial charge is 0.348 e. The van der Waals surface area contributed by atoms with Crippen LogP contribution in [0.4, 0.5) is 18.0 Å². The number of urea groups is 1. The minimum Gasteiger partial charge on any atom is -0.348 e. The number of hydrogen-bond donors (Lipinski definition) is 3. The standard InChI is InChI=1S/C21H41F3N4O3/c1-2-3-4-5-6-7-8-9-10-11-12-13-16-26-17-14-15-18-27-28(20(25)30)31-19(29)21(22,23)24/h26-27H,2-18H2,1H3,(H2,25,30). The summed E-state index contributed by atoms with van der Waals surface area (Å²) in [6.45, 7) is 4.08. The van der Waals surface area contributed by atoms with E-state index in [0.717, 1.165) is 25.9 Å². The molecule has 0 spiro atoms. The van der Waals surface area contributed by atoms with Gasteiger partial charge in [0.15, 0.2) is 0 Å². The molecular weight excluding hydrogens is 413 g/mol. The number of nitrogens with two attached hydrogens (primary N) is 1. The third-order valence-electron chi connectivity index (χ3n) is 4.85. The molecule has 0 unspecified atom stereocenters. The molecule has 0 aliphatic rings. The van der Waals surface area contributed by atoms with Crippen LogP contribution in [0, 0.1) is 0 Å². The van der Waals surface area contributed by atoms with Crippen LogP contribution in [0.5, 0.6) is 0 Å². The zero-order chi connectivity index (χ0) is 23.4. The van der Waals surface area contributed by atoms with Crippen molar-refractivity contribution in [3.05, 3.63) is 0 Å². The molecule has 10 heteroatoms. The van der Waals surface area contributed by atoms with E-state index >= 15 is 0 Å². The number of alkyl halides is 3. The summed E-state index contributed by atoms with van der Waals surface area (Å²) in [5.41, 5.74) is 7.13. The predicted molar refractivity (Wildman–Crippen MR) is 115 cm³/mol. The van der Waals surface area contributed by atoms with E-state index in [1.165, 1.54) is 70.6 Å². The van der Waals surface area contributed by atoms with Crippen molar-refractivity contribution >= 4 is 12.0 Å². The number of carbonyl (C=O) groups excluding carboxylic acids is 2. The molecule has 2 amide bonds. The summed E-state index contributed by atoms with van der Waals surface area (Å²) in [4.78, 5) is 25.6. The summed E-state index contributed by atoms with van der Waals surface area (Å²) in [6, 6.07) is -1.33. The molecule has 0 heterocycles. The molecule has 0 aliphatic carbocycles. The monoisotopic (exact) mass is 454 g/mol. The first-order valence-electron chi connectivity index (χ1n) is 11.6. The summed E-state index contributed by atoms with van der Waals surface area (Å²) < 4.78 is 36.4. The van der Waals surface area contributed by atoms with Gasteiger partial charge in [0, 0.05) is 6.54 Å². The van der Waals surface area contributed by atoms with Crippen LogP contribution in [-0.2, 0) is 9.63 Å². The average molecular weight is 455 g/mol. The lowest BCUT2D eigenvalue weighted by molar-refractivity contribution is -0.235. The Morgan fingerprint density at radius 1 is 0.774 bits per heavy atom. The third-order valence-corrected chi connectivity index (χ3v) is 4.85. The highest BCUT2D eigenvalue weighted by Gasteiger charge is 2.43. The summed E-state index contributed by atoms with van der Waals surface area (Å²) >= 11 is 0. The normalized spacial score (nSPS) is 11.5. The fraction of sp³-hybridized carbons (Fsp3) is 0.905. The van der Waals surface area contributed by atoms with Crippen LogP contribution in [0.3, 0.4) is 0 Å². The van der Waals surface area contributed by atoms with Crippen molar-refractivity contribution in [1.82, 2.24) is 15.9 Å². The number of nitrogens with zero attached hydrogens (tertiary/aromatic N) is 1. The number of halogens is 3. The van der Waals surface area contributed by atoms with Crippen molar-refractivity contribution in [2.75, 3.05) is 19.6 Å². The lowest BCUT2D eigenvalue weighted by atomic mass is 10.1. The van der Waals surface area contributed by atoms with Gasteiger partial charge in [0.05, 0.1) is 0 Å². The molecule has 0 aromatic carbocycles. The van der Waals surface area contributed by atoms with Crippen molar-refractivity contribution in [1.29, 1.82) is 0 Å². The zero-order valence-electron chi connectivity index (χ0n) is 18.9. The minimum atomic E-state index is -5.20. The van der Waals surface area contributed by atoms with Gasteiger partial charge >= 0.3 is 18.2 Å². The highest BCUT2D eigenvalue weighted by Crippen LogP contribution is 2.17. The Morgan fingerprint density at radius 2 is 1.19 bits per heavy atom. The summed E-state index contributed by atoms with van der Waals surface area (Å²) in [5, 5.41) is 3.33. The Balaban J connectivity index is 3.44. The van der Waals surface area contributed by atoms with Crippen LogP contribution < -0.4 is 16.5 Å². The molecule has 0 rings (SSSR count). The first-order chi connectivity index (χ1) is 14.8. The molecule has 0 saturated heterocycles. The van der Waals surface area contributed by atoms with Crippen molar-refractivity contribution in [3.8, 4) is 0 Å². The number of nitrogens with one attached hydrogen (secondary N) is 2. The molecule has 31 heavy (non-hydrogen) atoms. The van der Waals surface area contributed by atoms with Crippen LogP contribution in [0.1, 0.15) is 96.8 Å². The number of hydroxylamine groups is 1. The molecular formula is C21H41F3N4O3. The summed E-state index contributed by atoms with van der Waals surface area (Å²) in [5.74, 6) is -2.51. The highest BCUT2D eigenvalue weighted by molar-refractivity contribution is 5.78. The average Bonchev–Trinajstić information content (AvgIpc) is 2.70. The number of unbranched alkanes of at least 4 members (excludes halogenated alkanes) is 12. The second kappa shape index (κ2) is 19.2. The Bertz CT molecular complexity index is 466. The van der Waals surface area contributed by atoms with Gasteiger partial charge < -0.3 is 15.9 Å². The molecule has 4 N–H and O–H groups in total. The van der Waals surface area contributed by atoms with E-state index < -0.39 is 18.2 Å². The van der Waals surface area contributed by atoms with Crippen LogP contribution in [0.2, 0.25) is 0 Å². The molecule has 0 radical (unpaired) electrons. The van der Waals surface area contributed by atoms with Crippen LogP contribution >= 0.6 is 0 Å². The zero-order valence-corrected chi connectivity index (χ0v) is 18.9. The molecule has 7 nitrogen and oxygen atoms in total. The molecule has 0 aromatic heterocycles. The largest absolute Gasteiger partial charge is 0.493 e. The van der Waals surface area contributed by atoms with E-state index in [1.807, 2.05) is 0 Å². The number of rotatable bonds is 19. The van der Waals surface area contributed by atoms with E-state index in [1.54, 1.807) is 0 Å². The van der Waals surface area contributed by atoms with E-state index in [9.17, 15) is 22.8 Å². The number of amides is 2. The Hall–Kier alpha value is -1.55. The molecule has 184 valence electrons. The van der Waals surface area contributed by atoms with Crippen molar-refractivity contribution < 1.29 is 27.6 Å². The molecule has 0 fully saturated rings. The predicted octanol–water partition coefficient (Wildman–Crippen LogP) is 4.96. The molecule has 0 bridgehead atoms. The fourth-order valence-electron chi connectivity index (χ4n) is 3.06. The lowest BCUT2D eigenvalue weighted by Gasteiger charge is -2.19. The lowest BCUT2D eigenvalue weighted by Crippen LogP contribution is -2.49. The van der Waals surface area contributed by atoms with Gasteiger partial charge in [-0.05, 0) is 32.4 Å². The number of hydrogen-bond acceptors (Lipinski definition) is 5. The van der Waals surface area contributed by atoms with Gasteiger partial charge in [0.1, 0.15) is 0 Å². The van der Waals surface area contributed by atoms with Crippen LogP contribution in [-0.4, -0.2) is 43.0 Å². The van der Waals surface area contributed by atoms with E-state index in [2.05, 4.69) is 22.5 Å². The number of hydrazine groups is 1. The highest BCUT2D eigenvalue weighted by atomic mass is 19.4. The quantitative estimate of drug-likeness (QED) is 0.189. The molecule has 0 saturated carbocycles. The number of carbonyl (C=O) groups is 2. The van der Waals surface area contributed by atoms with E-state index in [-0.39, 0.29) is 11.7 Å². The summed E-state index contributed by atoms with van der Waals surface area (Å²) in [7, 11) is 0. The first kappa shape index (κ1) is 29.5. The Labute approximate surface area is 184 Å².